The molecule has 3 saturated heterocycles. The molecule has 0 bridgehead atoms. The Morgan fingerprint density at radius 2 is 1.92 bits per heavy atom. The molecule has 0 saturated carbocycles. The number of aliphatic hydroxyl groups excluding tert-OH is 3. The maximum absolute atomic E-state index is 13.5. The molecular weight excluding hydrogens is 504 g/mol. The highest BCUT2D eigenvalue weighted by atomic mass is 35.5. The van der Waals surface area contributed by atoms with Crippen LogP contribution in [-0.2, 0) is 14.3 Å². The molecule has 5 N–H and O–H groups in total. The summed E-state index contributed by atoms with van der Waals surface area (Å²) in [6.45, 7) is 5.12. The van der Waals surface area contributed by atoms with E-state index in [1.807, 2.05) is 0 Å². The lowest BCUT2D eigenvalue weighted by atomic mass is 9.85. The van der Waals surface area contributed by atoms with Crippen LogP contribution in [0.15, 0.2) is 24.3 Å². The van der Waals surface area contributed by atoms with Crippen molar-refractivity contribution in [1.82, 2.24) is 10.6 Å². The first-order valence-electron chi connectivity index (χ1n) is 12.8. The second-order valence-corrected chi connectivity index (χ2v) is 12.0. The van der Waals surface area contributed by atoms with Gasteiger partial charge in [0, 0.05) is 25.5 Å². The number of hydrogen-bond acceptors (Lipinski definition) is 8. The van der Waals surface area contributed by atoms with E-state index in [9.17, 15) is 20.1 Å². The van der Waals surface area contributed by atoms with Crippen molar-refractivity contribution in [2.75, 3.05) is 19.4 Å². The number of nitrogens with one attached hydrogen (secondary N) is 2. The van der Waals surface area contributed by atoms with E-state index in [1.54, 1.807) is 13.2 Å². The molecule has 8 nitrogen and oxygen atoms in total. The third-order valence-electron chi connectivity index (χ3n) is 7.83. The smallest absolute Gasteiger partial charge is 0.240 e. The highest BCUT2D eigenvalue weighted by Gasteiger charge is 2.46. The lowest BCUT2D eigenvalue weighted by Gasteiger charge is -2.33. The SMILES string of the molecule is CSC1OC([C@H](NC(=O)[C@H]2NC[C@@H]3C[C@H](c4ccc(C)cc4)CCO[C@H]32)[C@H](C)Cl)CC(O)C(O)[C@H]1O. The van der Waals surface area contributed by atoms with Crippen LogP contribution in [0.3, 0.4) is 0 Å². The van der Waals surface area contributed by atoms with Crippen molar-refractivity contribution in [2.45, 2.75) is 92.4 Å². The van der Waals surface area contributed by atoms with Crippen LogP contribution in [0.5, 0.6) is 0 Å². The largest absolute Gasteiger partial charge is 0.390 e. The zero-order valence-corrected chi connectivity index (χ0v) is 22.6. The first-order chi connectivity index (χ1) is 17.2. The molecule has 1 aromatic rings. The summed E-state index contributed by atoms with van der Waals surface area (Å²) in [6, 6.07) is 7.51. The van der Waals surface area contributed by atoms with Crippen LogP contribution in [0.25, 0.3) is 0 Å². The summed E-state index contributed by atoms with van der Waals surface area (Å²) in [6.07, 6.45) is -1.06. The number of hydrogen-bond donors (Lipinski definition) is 5. The predicted octanol–water partition coefficient (Wildman–Crippen LogP) is 1.52. The molecule has 3 heterocycles. The molecule has 3 fully saturated rings. The topological polar surface area (TPSA) is 120 Å². The van der Waals surface area contributed by atoms with Gasteiger partial charge in [0.2, 0.25) is 5.91 Å². The molecule has 3 aliphatic rings. The van der Waals surface area contributed by atoms with Gasteiger partial charge in [-0.15, -0.1) is 23.4 Å². The van der Waals surface area contributed by atoms with E-state index < -0.39 is 47.3 Å². The van der Waals surface area contributed by atoms with Crippen molar-refractivity contribution in [3.8, 4) is 0 Å². The molecule has 10 heteroatoms. The van der Waals surface area contributed by atoms with Crippen LogP contribution >= 0.6 is 23.4 Å². The summed E-state index contributed by atoms with van der Waals surface area (Å²) in [5, 5.41) is 36.9. The Kier molecular flexibility index (Phi) is 9.60. The quantitative estimate of drug-likeness (QED) is 0.343. The Morgan fingerprint density at radius 3 is 2.58 bits per heavy atom. The molecule has 1 amide bonds. The Morgan fingerprint density at radius 1 is 1.19 bits per heavy atom. The minimum absolute atomic E-state index is 0.0379. The number of halogens is 1. The van der Waals surface area contributed by atoms with Crippen LogP contribution < -0.4 is 10.6 Å². The lowest BCUT2D eigenvalue weighted by molar-refractivity contribution is -0.128. The monoisotopic (exact) mass is 542 g/mol. The minimum atomic E-state index is -1.34. The van der Waals surface area contributed by atoms with Gasteiger partial charge in [-0.25, -0.2) is 0 Å². The molecule has 3 aliphatic heterocycles. The number of aliphatic hydroxyl groups is 3. The van der Waals surface area contributed by atoms with Gasteiger partial charge < -0.3 is 35.4 Å². The fourth-order valence-electron chi connectivity index (χ4n) is 5.70. The molecule has 1 aromatic carbocycles. The van der Waals surface area contributed by atoms with E-state index >= 15 is 0 Å². The Bertz CT molecular complexity index is 876. The van der Waals surface area contributed by atoms with E-state index in [1.165, 1.54) is 22.9 Å². The highest BCUT2D eigenvalue weighted by Crippen LogP contribution is 2.36. The van der Waals surface area contributed by atoms with Crippen molar-refractivity contribution in [1.29, 1.82) is 0 Å². The van der Waals surface area contributed by atoms with Crippen LogP contribution in [0, 0.1) is 12.8 Å². The third kappa shape index (κ3) is 6.21. The van der Waals surface area contributed by atoms with Gasteiger partial charge in [0.05, 0.1) is 29.7 Å². The zero-order valence-electron chi connectivity index (χ0n) is 21.0. The predicted molar refractivity (Wildman–Crippen MR) is 140 cm³/mol. The van der Waals surface area contributed by atoms with Crippen molar-refractivity contribution >= 4 is 29.3 Å². The number of rotatable bonds is 6. The number of thioether (sulfide) groups is 1. The maximum Gasteiger partial charge on any atom is 0.240 e. The Hall–Kier alpha value is -0.910. The van der Waals surface area contributed by atoms with Gasteiger partial charge in [0.1, 0.15) is 23.7 Å². The molecule has 0 spiro atoms. The fourth-order valence-corrected chi connectivity index (χ4v) is 6.62. The van der Waals surface area contributed by atoms with E-state index in [-0.39, 0.29) is 24.3 Å². The normalized spacial score (nSPS) is 38.9. The van der Waals surface area contributed by atoms with Crippen LogP contribution in [-0.4, -0.2) is 94.1 Å². The molecule has 0 radical (unpaired) electrons. The molecule has 4 unspecified atom stereocenters. The number of ether oxygens (including phenoxy) is 2. The van der Waals surface area contributed by atoms with Gasteiger partial charge in [-0.3, -0.25) is 4.79 Å². The van der Waals surface area contributed by atoms with Gasteiger partial charge in [-0.2, -0.15) is 0 Å². The summed E-state index contributed by atoms with van der Waals surface area (Å²) in [4.78, 5) is 13.5. The second kappa shape index (κ2) is 12.3. The number of amides is 1. The van der Waals surface area contributed by atoms with Gasteiger partial charge >= 0.3 is 0 Å². The molecule has 202 valence electrons. The molecule has 11 atom stereocenters. The molecular formula is C26H39ClN2O6S. The molecule has 36 heavy (non-hydrogen) atoms. The van der Waals surface area contributed by atoms with Crippen molar-refractivity contribution in [3.05, 3.63) is 35.4 Å². The van der Waals surface area contributed by atoms with Crippen LogP contribution in [0.2, 0.25) is 0 Å². The summed E-state index contributed by atoms with van der Waals surface area (Å²) in [5.41, 5.74) is 1.79. The van der Waals surface area contributed by atoms with E-state index in [0.717, 1.165) is 12.8 Å². The van der Waals surface area contributed by atoms with E-state index in [2.05, 4.69) is 41.8 Å². The summed E-state index contributed by atoms with van der Waals surface area (Å²) < 4.78 is 12.3. The Labute approximate surface area is 222 Å². The second-order valence-electron chi connectivity index (χ2n) is 10.4. The number of carbonyl (C=O) groups is 1. The lowest BCUT2D eigenvalue weighted by Crippen LogP contribution is -2.56. The minimum Gasteiger partial charge on any atom is -0.390 e. The average molecular weight is 543 g/mol. The van der Waals surface area contributed by atoms with Gasteiger partial charge in [-0.1, -0.05) is 29.8 Å². The van der Waals surface area contributed by atoms with E-state index in [0.29, 0.717) is 19.1 Å². The molecule has 0 aliphatic carbocycles. The fraction of sp³-hybridized carbons (Fsp3) is 0.731. The Balaban J connectivity index is 1.43. The maximum atomic E-state index is 13.5. The number of alkyl halides is 1. The highest BCUT2D eigenvalue weighted by molar-refractivity contribution is 7.99. The van der Waals surface area contributed by atoms with E-state index in [4.69, 9.17) is 21.1 Å². The third-order valence-corrected chi connectivity index (χ3v) is 8.96. The summed E-state index contributed by atoms with van der Waals surface area (Å²) in [5.74, 6) is 0.378. The number of fused-ring (bicyclic) bond motifs is 1. The van der Waals surface area contributed by atoms with Crippen molar-refractivity contribution in [2.24, 2.45) is 5.92 Å². The van der Waals surface area contributed by atoms with Crippen LogP contribution in [0.1, 0.15) is 43.2 Å². The average Bonchev–Trinajstić information content (AvgIpc) is 3.08. The summed E-state index contributed by atoms with van der Waals surface area (Å²) >= 11 is 7.73. The first-order valence-corrected chi connectivity index (χ1v) is 14.5. The molecule has 4 rings (SSSR count). The van der Waals surface area contributed by atoms with Crippen molar-refractivity contribution < 1.29 is 29.6 Å². The number of aryl methyl sites for hydroxylation is 1. The van der Waals surface area contributed by atoms with Crippen molar-refractivity contribution in [3.63, 3.8) is 0 Å². The zero-order chi connectivity index (χ0) is 26.0. The van der Waals surface area contributed by atoms with Crippen LogP contribution in [0.4, 0.5) is 0 Å². The standard InChI is InChI=1S/C26H39ClN2O6S/c1-13-4-6-15(7-5-13)16-8-9-34-24-17(10-16)12-28-21(24)25(33)29-20(14(2)27)19-11-18(30)22(31)23(32)26(35-19)36-3/h4-7,14,16-24,26,28,30-32H,8-12H2,1-3H3,(H,29,33)/t14-,16+,17-,18?,19?,20+,21-,22?,23+,24+,26?/m0/s1. The molecule has 0 aromatic heterocycles. The van der Waals surface area contributed by atoms with Gasteiger partial charge in [0.25, 0.3) is 0 Å². The van der Waals surface area contributed by atoms with Gasteiger partial charge in [-0.05, 0) is 44.4 Å². The summed E-state index contributed by atoms with van der Waals surface area (Å²) in [7, 11) is 0. The first kappa shape index (κ1) is 28.1. The van der Waals surface area contributed by atoms with Gasteiger partial charge in [0.15, 0.2) is 0 Å². The number of carbonyl (C=O) groups excluding carboxylic acids is 1. The number of benzene rings is 1.